The lowest BCUT2D eigenvalue weighted by atomic mass is 10.2. The highest BCUT2D eigenvalue weighted by Crippen LogP contribution is 2.21. The lowest BCUT2D eigenvalue weighted by Gasteiger charge is -2.09. The van der Waals surface area contributed by atoms with Crippen LogP contribution in [0.25, 0.3) is 0 Å². The van der Waals surface area contributed by atoms with Crippen molar-refractivity contribution < 1.29 is 14.3 Å². The summed E-state index contributed by atoms with van der Waals surface area (Å²) < 4.78 is 11.3. The molecule has 29 heavy (non-hydrogen) atoms. The zero-order valence-corrected chi connectivity index (χ0v) is 16.9. The highest BCUT2D eigenvalue weighted by atomic mass is 16.5. The fourth-order valence-electron chi connectivity index (χ4n) is 2.76. The van der Waals surface area contributed by atoms with E-state index in [9.17, 15) is 4.79 Å². The molecule has 0 saturated carbocycles. The molecule has 0 unspecified atom stereocenters. The van der Waals surface area contributed by atoms with Crippen molar-refractivity contribution >= 4 is 11.6 Å². The molecule has 3 aromatic rings. The second-order valence-corrected chi connectivity index (χ2v) is 6.70. The normalized spacial score (nSPS) is 10.4. The molecule has 0 saturated heterocycles. The quantitative estimate of drug-likeness (QED) is 0.594. The first-order chi connectivity index (χ1) is 14.0. The molecule has 0 aliphatic carbocycles. The summed E-state index contributed by atoms with van der Waals surface area (Å²) >= 11 is 0. The number of carbonyl (C=O) groups excluding carboxylic acids is 1. The zero-order chi connectivity index (χ0) is 20.6. The van der Waals surface area contributed by atoms with Crippen molar-refractivity contribution in [1.29, 1.82) is 0 Å². The van der Waals surface area contributed by atoms with Gasteiger partial charge in [0.15, 0.2) is 0 Å². The minimum atomic E-state index is -0.110. The number of anilines is 1. The number of aryl methyl sites for hydroxylation is 3. The first kappa shape index (κ1) is 20.3. The maximum absolute atomic E-state index is 12.1. The standard InChI is InChI=1S/C23H25N3O3/c1-4-18-5-9-20(10-6-18)28-14-13-22(27)26-19-7-11-21(12-8-19)29-23-24-16(2)15-17(3)25-23/h5-12,15H,4,13-14H2,1-3H3,(H,26,27). The molecule has 3 rings (SSSR count). The number of carbonyl (C=O) groups is 1. The van der Waals surface area contributed by atoms with Crippen LogP contribution in [0.2, 0.25) is 0 Å². The Morgan fingerprint density at radius 3 is 2.17 bits per heavy atom. The van der Waals surface area contributed by atoms with E-state index in [-0.39, 0.29) is 12.3 Å². The van der Waals surface area contributed by atoms with E-state index in [1.165, 1.54) is 5.56 Å². The molecule has 0 atom stereocenters. The highest BCUT2D eigenvalue weighted by molar-refractivity contribution is 5.90. The summed E-state index contributed by atoms with van der Waals surface area (Å²) in [7, 11) is 0. The Morgan fingerprint density at radius 2 is 1.55 bits per heavy atom. The molecular weight excluding hydrogens is 366 g/mol. The Morgan fingerprint density at radius 1 is 0.931 bits per heavy atom. The van der Waals surface area contributed by atoms with Crippen LogP contribution < -0.4 is 14.8 Å². The van der Waals surface area contributed by atoms with Crippen LogP contribution in [0.15, 0.2) is 54.6 Å². The maximum atomic E-state index is 12.1. The SMILES string of the molecule is CCc1ccc(OCCC(=O)Nc2ccc(Oc3nc(C)cc(C)n3)cc2)cc1. The van der Waals surface area contributed by atoms with Gasteiger partial charge in [-0.25, -0.2) is 9.97 Å². The summed E-state index contributed by atoms with van der Waals surface area (Å²) in [6, 6.07) is 17.2. The predicted molar refractivity (Wildman–Crippen MR) is 113 cm³/mol. The van der Waals surface area contributed by atoms with Gasteiger partial charge in [0.2, 0.25) is 5.91 Å². The number of amides is 1. The van der Waals surface area contributed by atoms with E-state index in [0.717, 1.165) is 23.6 Å². The first-order valence-electron chi connectivity index (χ1n) is 9.63. The minimum Gasteiger partial charge on any atom is -0.493 e. The summed E-state index contributed by atoms with van der Waals surface area (Å²) in [4.78, 5) is 20.6. The molecule has 1 N–H and O–H groups in total. The molecule has 6 nitrogen and oxygen atoms in total. The Bertz CT molecular complexity index is 934. The predicted octanol–water partition coefficient (Wildman–Crippen LogP) is 4.86. The number of aromatic nitrogens is 2. The van der Waals surface area contributed by atoms with Crippen molar-refractivity contribution in [2.45, 2.75) is 33.6 Å². The lowest BCUT2D eigenvalue weighted by molar-refractivity contribution is -0.116. The number of benzene rings is 2. The van der Waals surface area contributed by atoms with Crippen molar-refractivity contribution in [3.05, 3.63) is 71.5 Å². The van der Waals surface area contributed by atoms with E-state index in [2.05, 4.69) is 22.2 Å². The molecule has 6 heteroatoms. The largest absolute Gasteiger partial charge is 0.493 e. The fraction of sp³-hybridized carbons (Fsp3) is 0.261. The molecule has 1 heterocycles. The van der Waals surface area contributed by atoms with Crippen LogP contribution >= 0.6 is 0 Å². The number of hydrogen-bond donors (Lipinski definition) is 1. The van der Waals surface area contributed by atoms with E-state index in [0.29, 0.717) is 24.1 Å². The molecule has 0 fully saturated rings. The van der Waals surface area contributed by atoms with Crippen molar-refractivity contribution in [2.24, 2.45) is 0 Å². The van der Waals surface area contributed by atoms with Gasteiger partial charge in [0.05, 0.1) is 13.0 Å². The van der Waals surface area contributed by atoms with Crippen LogP contribution in [-0.2, 0) is 11.2 Å². The van der Waals surface area contributed by atoms with Crippen LogP contribution in [0, 0.1) is 13.8 Å². The van der Waals surface area contributed by atoms with Gasteiger partial charge in [-0.1, -0.05) is 19.1 Å². The molecule has 2 aromatic carbocycles. The molecule has 0 bridgehead atoms. The van der Waals surface area contributed by atoms with Crippen molar-refractivity contribution in [3.63, 3.8) is 0 Å². The number of ether oxygens (including phenoxy) is 2. The minimum absolute atomic E-state index is 0.110. The van der Waals surface area contributed by atoms with E-state index >= 15 is 0 Å². The third kappa shape index (κ3) is 6.31. The molecule has 0 aliphatic heterocycles. The Balaban J connectivity index is 1.46. The van der Waals surface area contributed by atoms with E-state index in [4.69, 9.17) is 9.47 Å². The Labute approximate surface area is 170 Å². The maximum Gasteiger partial charge on any atom is 0.322 e. The lowest BCUT2D eigenvalue weighted by Crippen LogP contribution is -2.15. The average Bonchev–Trinajstić information content (AvgIpc) is 2.69. The van der Waals surface area contributed by atoms with Crippen LogP contribution in [0.4, 0.5) is 5.69 Å². The van der Waals surface area contributed by atoms with Crippen molar-refractivity contribution in [2.75, 3.05) is 11.9 Å². The van der Waals surface area contributed by atoms with E-state index in [1.54, 1.807) is 24.3 Å². The van der Waals surface area contributed by atoms with Gasteiger partial charge in [-0.2, -0.15) is 0 Å². The molecule has 0 radical (unpaired) electrons. The van der Waals surface area contributed by atoms with Gasteiger partial charge in [-0.05, 0) is 68.3 Å². The summed E-state index contributed by atoms with van der Waals surface area (Å²) in [6.45, 7) is 6.22. The van der Waals surface area contributed by atoms with Gasteiger partial charge < -0.3 is 14.8 Å². The zero-order valence-electron chi connectivity index (χ0n) is 16.9. The number of nitrogens with one attached hydrogen (secondary N) is 1. The van der Waals surface area contributed by atoms with Crippen molar-refractivity contribution in [1.82, 2.24) is 9.97 Å². The second-order valence-electron chi connectivity index (χ2n) is 6.70. The molecule has 150 valence electrons. The van der Waals surface area contributed by atoms with Gasteiger partial charge in [-0.3, -0.25) is 4.79 Å². The topological polar surface area (TPSA) is 73.3 Å². The number of rotatable bonds is 8. The van der Waals surface area contributed by atoms with E-state index < -0.39 is 0 Å². The third-order valence-electron chi connectivity index (χ3n) is 4.24. The van der Waals surface area contributed by atoms with Crippen molar-refractivity contribution in [3.8, 4) is 17.5 Å². The first-order valence-corrected chi connectivity index (χ1v) is 9.63. The number of nitrogens with zero attached hydrogens (tertiary/aromatic N) is 2. The summed E-state index contributed by atoms with van der Waals surface area (Å²) in [5, 5.41) is 2.85. The Kier molecular flexibility index (Phi) is 6.79. The van der Waals surface area contributed by atoms with Crippen LogP contribution in [0.5, 0.6) is 17.5 Å². The summed E-state index contributed by atoms with van der Waals surface area (Å²) in [5.41, 5.74) is 3.64. The Hall–Kier alpha value is -3.41. The summed E-state index contributed by atoms with van der Waals surface area (Å²) in [6.07, 6.45) is 1.26. The monoisotopic (exact) mass is 391 g/mol. The van der Waals surface area contributed by atoms with Crippen LogP contribution in [-0.4, -0.2) is 22.5 Å². The van der Waals surface area contributed by atoms with Gasteiger partial charge >= 0.3 is 6.01 Å². The molecule has 0 aliphatic rings. The molecular formula is C23H25N3O3. The summed E-state index contributed by atoms with van der Waals surface area (Å²) in [5.74, 6) is 1.26. The van der Waals surface area contributed by atoms with Crippen LogP contribution in [0.1, 0.15) is 30.3 Å². The van der Waals surface area contributed by atoms with Crippen LogP contribution in [0.3, 0.4) is 0 Å². The highest BCUT2D eigenvalue weighted by Gasteiger charge is 2.06. The van der Waals surface area contributed by atoms with Gasteiger partial charge in [-0.15, -0.1) is 0 Å². The smallest absolute Gasteiger partial charge is 0.322 e. The molecule has 0 spiro atoms. The molecule has 1 amide bonds. The molecule has 1 aromatic heterocycles. The van der Waals surface area contributed by atoms with Gasteiger partial charge in [0.1, 0.15) is 11.5 Å². The number of hydrogen-bond acceptors (Lipinski definition) is 5. The van der Waals surface area contributed by atoms with E-state index in [1.807, 2.05) is 44.2 Å². The van der Waals surface area contributed by atoms with Gasteiger partial charge in [0.25, 0.3) is 0 Å². The third-order valence-corrected chi connectivity index (χ3v) is 4.24. The fourth-order valence-corrected chi connectivity index (χ4v) is 2.76. The second kappa shape index (κ2) is 9.68. The average molecular weight is 391 g/mol. The van der Waals surface area contributed by atoms with Gasteiger partial charge in [0, 0.05) is 17.1 Å².